The van der Waals surface area contributed by atoms with Gasteiger partial charge in [-0.15, -0.1) is 6.42 Å². The Kier molecular flexibility index (Phi) is 4.67. The molecule has 0 fully saturated rings. The van der Waals surface area contributed by atoms with Crippen LogP contribution in [0.15, 0.2) is 6.20 Å². The average molecular weight is 247 g/mol. The Labute approximate surface area is 107 Å². The lowest BCUT2D eigenvalue weighted by molar-refractivity contribution is 0.0690. The highest BCUT2D eigenvalue weighted by molar-refractivity contribution is 5.92. The van der Waals surface area contributed by atoms with Gasteiger partial charge >= 0.3 is 5.97 Å². The molecule has 18 heavy (non-hydrogen) atoms. The van der Waals surface area contributed by atoms with Crippen molar-refractivity contribution in [1.82, 2.24) is 9.97 Å². The van der Waals surface area contributed by atoms with Crippen molar-refractivity contribution in [3.63, 3.8) is 0 Å². The Morgan fingerprint density at radius 1 is 1.61 bits per heavy atom. The molecule has 5 heteroatoms. The molecular formula is C13H17N3O2. The van der Waals surface area contributed by atoms with Crippen LogP contribution in [0.3, 0.4) is 0 Å². The van der Waals surface area contributed by atoms with Crippen molar-refractivity contribution in [2.45, 2.75) is 26.7 Å². The summed E-state index contributed by atoms with van der Waals surface area (Å²) < 4.78 is 0. The predicted octanol–water partition coefficient (Wildman–Crippen LogP) is 1.76. The van der Waals surface area contributed by atoms with Gasteiger partial charge in [-0.05, 0) is 6.92 Å². The van der Waals surface area contributed by atoms with Crippen molar-refractivity contribution < 1.29 is 9.90 Å². The van der Waals surface area contributed by atoms with Gasteiger partial charge in [-0.25, -0.2) is 14.8 Å². The van der Waals surface area contributed by atoms with Gasteiger partial charge in [-0.3, -0.25) is 0 Å². The molecule has 96 valence electrons. The number of aromatic nitrogens is 2. The molecule has 0 spiro atoms. The number of carboxylic acid groups (broad SMARTS) is 1. The molecule has 0 aliphatic carbocycles. The number of aromatic carboxylic acids is 1. The SMILES string of the molecule is C#CCN(CC)c1cnc(C(C)C)nc1C(=O)O. The fourth-order valence-electron chi connectivity index (χ4n) is 1.53. The van der Waals surface area contributed by atoms with Crippen molar-refractivity contribution in [2.75, 3.05) is 18.0 Å². The van der Waals surface area contributed by atoms with Crippen LogP contribution in [-0.4, -0.2) is 34.1 Å². The highest BCUT2D eigenvalue weighted by Crippen LogP contribution is 2.20. The maximum absolute atomic E-state index is 11.3. The van der Waals surface area contributed by atoms with Gasteiger partial charge in [0.05, 0.1) is 18.4 Å². The van der Waals surface area contributed by atoms with Crippen molar-refractivity contribution in [3.8, 4) is 12.3 Å². The van der Waals surface area contributed by atoms with Crippen LogP contribution in [0, 0.1) is 12.3 Å². The number of carbonyl (C=O) groups is 1. The van der Waals surface area contributed by atoms with E-state index in [0.29, 0.717) is 24.6 Å². The summed E-state index contributed by atoms with van der Waals surface area (Å²) in [5.74, 6) is 2.04. The van der Waals surface area contributed by atoms with Gasteiger partial charge < -0.3 is 10.0 Å². The third-order valence-corrected chi connectivity index (χ3v) is 2.51. The minimum atomic E-state index is -1.07. The van der Waals surface area contributed by atoms with E-state index in [-0.39, 0.29) is 11.6 Å². The molecule has 1 aromatic heterocycles. The van der Waals surface area contributed by atoms with Gasteiger partial charge in [0.25, 0.3) is 0 Å². The molecule has 0 saturated heterocycles. The summed E-state index contributed by atoms with van der Waals surface area (Å²) in [7, 11) is 0. The monoisotopic (exact) mass is 247 g/mol. The molecule has 0 bridgehead atoms. The van der Waals surface area contributed by atoms with Crippen LogP contribution in [0.5, 0.6) is 0 Å². The fraction of sp³-hybridized carbons (Fsp3) is 0.462. The highest BCUT2D eigenvalue weighted by Gasteiger charge is 2.18. The third-order valence-electron chi connectivity index (χ3n) is 2.51. The van der Waals surface area contributed by atoms with E-state index in [2.05, 4.69) is 15.9 Å². The lowest BCUT2D eigenvalue weighted by atomic mass is 10.2. The van der Waals surface area contributed by atoms with Crippen LogP contribution in [0.4, 0.5) is 5.69 Å². The van der Waals surface area contributed by atoms with Crippen LogP contribution < -0.4 is 4.90 Å². The van der Waals surface area contributed by atoms with E-state index in [4.69, 9.17) is 6.42 Å². The Balaban J connectivity index is 3.27. The maximum atomic E-state index is 11.3. The van der Waals surface area contributed by atoms with Crippen LogP contribution >= 0.6 is 0 Å². The summed E-state index contributed by atoms with van der Waals surface area (Å²) in [5, 5.41) is 9.22. The minimum Gasteiger partial charge on any atom is -0.476 e. The summed E-state index contributed by atoms with van der Waals surface area (Å²) >= 11 is 0. The Bertz CT molecular complexity index is 478. The molecule has 0 radical (unpaired) electrons. The number of rotatable bonds is 5. The van der Waals surface area contributed by atoms with Crippen LogP contribution in [0.25, 0.3) is 0 Å². The molecule has 0 unspecified atom stereocenters. The molecule has 1 heterocycles. The summed E-state index contributed by atoms with van der Waals surface area (Å²) in [6.45, 7) is 6.68. The summed E-state index contributed by atoms with van der Waals surface area (Å²) in [4.78, 5) is 21.3. The molecule has 0 aliphatic heterocycles. The zero-order valence-corrected chi connectivity index (χ0v) is 10.8. The fourth-order valence-corrected chi connectivity index (χ4v) is 1.53. The first-order chi connectivity index (χ1) is 8.51. The van der Waals surface area contributed by atoms with E-state index in [0.717, 1.165) is 0 Å². The van der Waals surface area contributed by atoms with Gasteiger partial charge in [0.15, 0.2) is 5.69 Å². The van der Waals surface area contributed by atoms with Crippen molar-refractivity contribution >= 4 is 11.7 Å². The molecule has 1 N–H and O–H groups in total. The second-order valence-corrected chi connectivity index (χ2v) is 4.14. The number of hydrogen-bond acceptors (Lipinski definition) is 4. The molecule has 0 atom stereocenters. The van der Waals surface area contributed by atoms with Crippen molar-refractivity contribution in [1.29, 1.82) is 0 Å². The molecule has 1 rings (SSSR count). The maximum Gasteiger partial charge on any atom is 0.356 e. The van der Waals surface area contributed by atoms with Crippen molar-refractivity contribution in [3.05, 3.63) is 17.7 Å². The van der Waals surface area contributed by atoms with E-state index < -0.39 is 5.97 Å². The minimum absolute atomic E-state index is 0.00537. The summed E-state index contributed by atoms with van der Waals surface area (Å²) in [6.07, 6.45) is 6.80. The summed E-state index contributed by atoms with van der Waals surface area (Å²) in [5.41, 5.74) is 0.471. The standard InChI is InChI=1S/C13H17N3O2/c1-5-7-16(6-2)10-8-14-12(9(3)4)15-11(10)13(17)18/h1,8-9H,6-7H2,2-4H3,(H,17,18). The number of terminal acetylenes is 1. The second-order valence-electron chi connectivity index (χ2n) is 4.14. The van der Waals surface area contributed by atoms with Gasteiger partial charge in [0.1, 0.15) is 5.82 Å². The zero-order chi connectivity index (χ0) is 13.7. The van der Waals surface area contributed by atoms with E-state index >= 15 is 0 Å². The lowest BCUT2D eigenvalue weighted by Crippen LogP contribution is -2.26. The molecule has 0 aliphatic rings. The van der Waals surface area contributed by atoms with Gasteiger partial charge in [-0.2, -0.15) is 0 Å². The van der Waals surface area contributed by atoms with Gasteiger partial charge in [0, 0.05) is 12.5 Å². The normalized spacial score (nSPS) is 10.2. The quantitative estimate of drug-likeness (QED) is 0.803. The molecule has 1 aromatic rings. The number of nitrogens with zero attached hydrogens (tertiary/aromatic N) is 3. The third kappa shape index (κ3) is 2.98. The molecular weight excluding hydrogens is 230 g/mol. The van der Waals surface area contributed by atoms with Crippen molar-refractivity contribution in [2.24, 2.45) is 0 Å². The smallest absolute Gasteiger partial charge is 0.356 e. The van der Waals surface area contributed by atoms with Crippen LogP contribution in [-0.2, 0) is 0 Å². The molecule has 0 aromatic carbocycles. The first-order valence-corrected chi connectivity index (χ1v) is 5.79. The topological polar surface area (TPSA) is 66.3 Å². The van der Waals surface area contributed by atoms with Gasteiger partial charge in [0.2, 0.25) is 0 Å². The lowest BCUT2D eigenvalue weighted by Gasteiger charge is -2.21. The first kappa shape index (κ1) is 14.0. The van der Waals surface area contributed by atoms with Gasteiger partial charge in [-0.1, -0.05) is 19.8 Å². The summed E-state index contributed by atoms with van der Waals surface area (Å²) in [6, 6.07) is 0. The predicted molar refractivity (Wildman–Crippen MR) is 69.8 cm³/mol. The highest BCUT2D eigenvalue weighted by atomic mass is 16.4. The van der Waals surface area contributed by atoms with Crippen LogP contribution in [0.1, 0.15) is 43.0 Å². The molecule has 0 amide bonds. The number of hydrogen-bond donors (Lipinski definition) is 1. The van der Waals surface area contributed by atoms with E-state index in [1.807, 2.05) is 20.8 Å². The average Bonchev–Trinajstić information content (AvgIpc) is 2.35. The Morgan fingerprint density at radius 2 is 2.28 bits per heavy atom. The van der Waals surface area contributed by atoms with E-state index in [1.54, 1.807) is 4.90 Å². The molecule has 5 nitrogen and oxygen atoms in total. The number of anilines is 1. The second kappa shape index (κ2) is 6.01. The molecule has 0 saturated carbocycles. The van der Waals surface area contributed by atoms with E-state index in [1.165, 1.54) is 6.20 Å². The Hall–Kier alpha value is -2.09. The zero-order valence-electron chi connectivity index (χ0n) is 10.8. The van der Waals surface area contributed by atoms with Crippen LogP contribution in [0.2, 0.25) is 0 Å². The van der Waals surface area contributed by atoms with E-state index in [9.17, 15) is 9.90 Å². The largest absolute Gasteiger partial charge is 0.476 e. The Morgan fingerprint density at radius 3 is 2.72 bits per heavy atom. The first-order valence-electron chi connectivity index (χ1n) is 5.79. The number of carboxylic acids is 1.